The molecule has 3 aromatic rings. The van der Waals surface area contributed by atoms with Gasteiger partial charge in [0.2, 0.25) is 0 Å². The van der Waals surface area contributed by atoms with Crippen LogP contribution in [0.1, 0.15) is 68.3 Å². The van der Waals surface area contributed by atoms with Gasteiger partial charge in [-0.1, -0.05) is 44.0 Å². The number of allylic oxidation sites excluding steroid dienone is 2. The number of hydrogen-bond donors (Lipinski definition) is 3. The van der Waals surface area contributed by atoms with Crippen LogP contribution in [-0.4, -0.2) is 61.5 Å². The second kappa shape index (κ2) is 16.5. The molecule has 2 aliphatic heterocycles. The normalized spacial score (nSPS) is 19.3. The molecule has 248 valence electrons. The molecule has 2 aliphatic rings. The van der Waals surface area contributed by atoms with Crippen LogP contribution in [0.3, 0.4) is 0 Å². The van der Waals surface area contributed by atoms with Crippen molar-refractivity contribution < 1.29 is 17.9 Å². The Bertz CT molecular complexity index is 1600. The molecule has 13 heteroatoms. The first-order chi connectivity index (χ1) is 22.1. The molecule has 2 aromatic heterocycles. The molecule has 0 saturated carbocycles. The summed E-state index contributed by atoms with van der Waals surface area (Å²) in [7, 11) is 1.42. The van der Waals surface area contributed by atoms with Gasteiger partial charge < -0.3 is 26.0 Å². The highest BCUT2D eigenvalue weighted by Crippen LogP contribution is 2.41. The first-order valence-corrected chi connectivity index (χ1v) is 16.7. The number of nitriles is 1. The van der Waals surface area contributed by atoms with Gasteiger partial charge in [-0.2, -0.15) is 15.2 Å². The lowest BCUT2D eigenvalue weighted by Crippen LogP contribution is -2.50. The Hall–Kier alpha value is -3.37. The number of alkyl halides is 2. The van der Waals surface area contributed by atoms with Crippen LogP contribution in [0.2, 0.25) is 0 Å². The lowest BCUT2D eigenvalue weighted by Gasteiger charge is -2.34. The Morgan fingerprint density at radius 1 is 1.30 bits per heavy atom. The van der Waals surface area contributed by atoms with E-state index in [9.17, 15) is 18.4 Å². The predicted octanol–water partition coefficient (Wildman–Crippen LogP) is 7.12. The number of likely N-dealkylation sites (N-methyl/N-ethyl adjacent to an activating group) is 1. The third-order valence-electron chi connectivity index (χ3n) is 8.23. The van der Waals surface area contributed by atoms with E-state index in [0.29, 0.717) is 59.6 Å². The van der Waals surface area contributed by atoms with E-state index in [4.69, 9.17) is 22.1 Å². The summed E-state index contributed by atoms with van der Waals surface area (Å²) in [5, 5.41) is 16.9. The van der Waals surface area contributed by atoms with Crippen molar-refractivity contribution in [3.63, 3.8) is 0 Å². The predicted molar refractivity (Wildman–Crippen MR) is 182 cm³/mol. The summed E-state index contributed by atoms with van der Waals surface area (Å²) in [5.74, 6) is -0.00741. The van der Waals surface area contributed by atoms with E-state index in [1.807, 2.05) is 17.9 Å². The van der Waals surface area contributed by atoms with E-state index in [1.54, 1.807) is 6.08 Å². The minimum Gasteiger partial charge on any atom is -0.467 e. The second-order valence-electron chi connectivity index (χ2n) is 11.3. The van der Waals surface area contributed by atoms with Crippen molar-refractivity contribution in [3.8, 4) is 12.1 Å². The molecule has 1 aromatic carbocycles. The molecule has 46 heavy (non-hydrogen) atoms. The van der Waals surface area contributed by atoms with Crippen LogP contribution in [-0.2, 0) is 6.67 Å². The lowest BCUT2D eigenvalue weighted by atomic mass is 9.98. The molecule has 2 saturated heterocycles. The molecule has 4 N–H and O–H groups in total. The maximum Gasteiger partial charge on any atom is 0.318 e. The Balaban J connectivity index is 0.000000409. The number of anilines is 2. The van der Waals surface area contributed by atoms with Crippen molar-refractivity contribution in [2.24, 2.45) is 0 Å². The van der Waals surface area contributed by atoms with Crippen LogP contribution in [0.15, 0.2) is 23.7 Å². The fraction of sp³-hybridized carbons (Fsp3) is 0.485. The zero-order chi connectivity index (χ0) is 33.4. The van der Waals surface area contributed by atoms with Crippen LogP contribution in [0.4, 0.5) is 24.0 Å². The number of halogens is 4. The van der Waals surface area contributed by atoms with Crippen molar-refractivity contribution in [2.75, 3.05) is 43.9 Å². The SMILES string of the molecule is C=C(/C(Cl)=C\c1c(CF)nc(OC)nc1N(CC)CC1CCN1)c1ccc(F)c2sc(N)c(C#N)c12.CCCCC1CC(F)CN1. The Kier molecular flexibility index (Phi) is 12.7. The number of methoxy groups -OCH3 is 1. The summed E-state index contributed by atoms with van der Waals surface area (Å²) < 4.78 is 46.6. The van der Waals surface area contributed by atoms with Gasteiger partial charge in [-0.05, 0) is 56.0 Å². The summed E-state index contributed by atoms with van der Waals surface area (Å²) in [6, 6.07) is 5.64. The highest BCUT2D eigenvalue weighted by atomic mass is 35.5. The van der Waals surface area contributed by atoms with E-state index < -0.39 is 18.7 Å². The Labute approximate surface area is 277 Å². The number of benzene rings is 1. The smallest absolute Gasteiger partial charge is 0.318 e. The van der Waals surface area contributed by atoms with E-state index >= 15 is 0 Å². The third kappa shape index (κ3) is 8.12. The van der Waals surface area contributed by atoms with Gasteiger partial charge in [0.25, 0.3) is 0 Å². The van der Waals surface area contributed by atoms with Crippen LogP contribution >= 0.6 is 22.9 Å². The number of nitrogens with two attached hydrogens (primary N) is 1. The molecular formula is C33H41ClF3N7OS. The lowest BCUT2D eigenvalue weighted by molar-refractivity contribution is 0.353. The second-order valence-corrected chi connectivity index (χ2v) is 12.8. The van der Waals surface area contributed by atoms with Gasteiger partial charge in [-0.25, -0.2) is 13.2 Å². The average molecular weight is 676 g/mol. The average Bonchev–Trinajstić information content (AvgIpc) is 3.61. The number of rotatable bonds is 12. The number of ether oxygens (including phenoxy) is 1. The molecule has 4 heterocycles. The standard InChI is InChI=1S/C25H25ClF2N6OS.C8H16FN/c1-4-34(12-14-7-8-31-14)24-16(20(10-27)32-25(33-24)35-3)9-18(26)13(2)15-5-6-19(28)22-21(15)17(11-29)23(30)36-22;1-2-3-4-8-5-7(9)6-10-8/h5-6,9,14,31H,2,4,7-8,10,12,30H2,1,3H3;7-8,10H,2-6H2,1H3/b18-9+;. The summed E-state index contributed by atoms with van der Waals surface area (Å²) in [6.07, 6.45) is 6.34. The number of nitrogens with zero attached hydrogens (tertiary/aromatic N) is 4. The molecule has 3 unspecified atom stereocenters. The van der Waals surface area contributed by atoms with Crippen molar-refractivity contribution in [3.05, 3.63) is 51.9 Å². The first kappa shape index (κ1) is 35.5. The third-order valence-corrected chi connectivity index (χ3v) is 9.59. The van der Waals surface area contributed by atoms with E-state index in [-0.39, 0.29) is 32.0 Å². The number of unbranched alkanes of at least 4 members (excludes halogenated alkanes) is 1. The van der Waals surface area contributed by atoms with Gasteiger partial charge >= 0.3 is 6.01 Å². The molecular weight excluding hydrogens is 635 g/mol. The Morgan fingerprint density at radius 3 is 2.63 bits per heavy atom. The molecule has 0 amide bonds. The van der Waals surface area contributed by atoms with Gasteiger partial charge in [-0.3, -0.25) is 0 Å². The minimum absolute atomic E-state index is 0.0532. The van der Waals surface area contributed by atoms with Gasteiger partial charge in [0.1, 0.15) is 35.6 Å². The van der Waals surface area contributed by atoms with E-state index in [2.05, 4.69) is 34.1 Å². The number of hydrogen-bond acceptors (Lipinski definition) is 9. The zero-order valence-electron chi connectivity index (χ0n) is 26.4. The summed E-state index contributed by atoms with van der Waals surface area (Å²) in [5.41, 5.74) is 7.42. The van der Waals surface area contributed by atoms with Crippen LogP contribution in [0, 0.1) is 17.1 Å². The molecule has 0 aliphatic carbocycles. The first-order valence-electron chi connectivity index (χ1n) is 15.5. The molecule has 3 atom stereocenters. The van der Waals surface area contributed by atoms with Gasteiger partial charge in [-0.15, -0.1) is 11.3 Å². The van der Waals surface area contributed by atoms with Crippen molar-refractivity contribution >= 4 is 55.5 Å². The number of nitrogens with one attached hydrogen (secondary N) is 2. The van der Waals surface area contributed by atoms with Crippen LogP contribution in [0.5, 0.6) is 6.01 Å². The fourth-order valence-corrected chi connectivity index (χ4v) is 6.69. The number of thiophene rings is 1. The van der Waals surface area contributed by atoms with Gasteiger partial charge in [0.05, 0.1) is 23.1 Å². The molecule has 0 radical (unpaired) electrons. The number of nitrogen functional groups attached to an aromatic ring is 1. The monoisotopic (exact) mass is 675 g/mol. The highest BCUT2D eigenvalue weighted by molar-refractivity contribution is 7.23. The van der Waals surface area contributed by atoms with E-state index in [0.717, 1.165) is 37.1 Å². The molecule has 8 nitrogen and oxygen atoms in total. The molecule has 5 rings (SSSR count). The quantitative estimate of drug-likeness (QED) is 0.174. The maximum absolute atomic E-state index is 14.5. The summed E-state index contributed by atoms with van der Waals surface area (Å²) in [6.45, 7) is 10.2. The van der Waals surface area contributed by atoms with Crippen molar-refractivity contribution in [1.82, 2.24) is 20.6 Å². The Morgan fingerprint density at radius 2 is 2.07 bits per heavy atom. The van der Waals surface area contributed by atoms with Gasteiger partial charge in [0.15, 0.2) is 0 Å². The molecule has 0 spiro atoms. The van der Waals surface area contributed by atoms with Gasteiger partial charge in [0, 0.05) is 47.7 Å². The maximum atomic E-state index is 14.5. The van der Waals surface area contributed by atoms with Crippen LogP contribution in [0.25, 0.3) is 21.7 Å². The minimum atomic E-state index is -0.867. The summed E-state index contributed by atoms with van der Waals surface area (Å²) >= 11 is 7.72. The largest absolute Gasteiger partial charge is 0.467 e. The number of aromatic nitrogens is 2. The highest BCUT2D eigenvalue weighted by Gasteiger charge is 2.25. The summed E-state index contributed by atoms with van der Waals surface area (Å²) in [4.78, 5) is 10.7. The molecule has 2 fully saturated rings. The fourth-order valence-electron chi connectivity index (χ4n) is 5.53. The zero-order valence-corrected chi connectivity index (χ0v) is 28.0. The molecule has 0 bridgehead atoms. The van der Waals surface area contributed by atoms with Crippen molar-refractivity contribution in [2.45, 2.75) is 70.9 Å². The van der Waals surface area contributed by atoms with E-state index in [1.165, 1.54) is 32.1 Å². The topological polar surface area (TPSA) is 112 Å². The van der Waals surface area contributed by atoms with Crippen LogP contribution < -0.4 is 26.0 Å². The van der Waals surface area contributed by atoms with Crippen molar-refractivity contribution in [1.29, 1.82) is 5.26 Å². The number of fused-ring (bicyclic) bond motifs is 1.